The molecule has 15 heavy (non-hydrogen) atoms. The van der Waals surface area contributed by atoms with Gasteiger partial charge in [0, 0.05) is 0 Å². The van der Waals surface area contributed by atoms with E-state index in [-0.39, 0.29) is 0 Å². The van der Waals surface area contributed by atoms with E-state index in [0.29, 0.717) is 17.9 Å². The lowest BCUT2D eigenvalue weighted by atomic mass is 10.1. The van der Waals surface area contributed by atoms with Crippen LogP contribution in [0.15, 0.2) is 30.9 Å². The second-order valence-electron chi connectivity index (χ2n) is 3.15. The molecule has 1 atom stereocenters. The molecule has 0 aliphatic heterocycles. The SMILES string of the molecule is C=CC[C@@H](O)c1ccc(OC)c(OC)c1. The highest BCUT2D eigenvalue weighted by Crippen LogP contribution is 2.30. The van der Waals surface area contributed by atoms with Gasteiger partial charge in [0.25, 0.3) is 0 Å². The van der Waals surface area contributed by atoms with Crippen LogP contribution in [0.4, 0.5) is 0 Å². The number of ether oxygens (including phenoxy) is 2. The lowest BCUT2D eigenvalue weighted by molar-refractivity contribution is 0.181. The minimum absolute atomic E-state index is 0.523. The third kappa shape index (κ3) is 2.73. The smallest absolute Gasteiger partial charge is 0.161 e. The molecular weight excluding hydrogens is 192 g/mol. The Morgan fingerprint density at radius 2 is 2.00 bits per heavy atom. The third-order valence-electron chi connectivity index (χ3n) is 2.18. The molecule has 0 radical (unpaired) electrons. The van der Waals surface area contributed by atoms with Crippen LogP contribution in [0.1, 0.15) is 18.1 Å². The van der Waals surface area contributed by atoms with Gasteiger partial charge in [0.1, 0.15) is 0 Å². The Morgan fingerprint density at radius 1 is 1.33 bits per heavy atom. The highest BCUT2D eigenvalue weighted by molar-refractivity contribution is 5.43. The van der Waals surface area contributed by atoms with Gasteiger partial charge >= 0.3 is 0 Å². The highest BCUT2D eigenvalue weighted by atomic mass is 16.5. The molecule has 0 fully saturated rings. The first-order valence-corrected chi connectivity index (χ1v) is 4.73. The minimum atomic E-state index is -0.540. The molecule has 0 spiro atoms. The summed E-state index contributed by atoms with van der Waals surface area (Å²) in [5.74, 6) is 1.28. The highest BCUT2D eigenvalue weighted by Gasteiger charge is 2.09. The summed E-state index contributed by atoms with van der Waals surface area (Å²) < 4.78 is 10.2. The molecule has 0 unspecified atom stereocenters. The van der Waals surface area contributed by atoms with Crippen molar-refractivity contribution in [3.63, 3.8) is 0 Å². The van der Waals surface area contributed by atoms with Gasteiger partial charge in [-0.05, 0) is 24.1 Å². The van der Waals surface area contributed by atoms with Gasteiger partial charge in [0.05, 0.1) is 20.3 Å². The van der Waals surface area contributed by atoms with Crippen LogP contribution in [0, 0.1) is 0 Å². The van der Waals surface area contributed by atoms with Crippen molar-refractivity contribution < 1.29 is 14.6 Å². The second kappa shape index (κ2) is 5.41. The molecule has 82 valence electrons. The van der Waals surface area contributed by atoms with Crippen molar-refractivity contribution in [3.05, 3.63) is 36.4 Å². The number of rotatable bonds is 5. The molecule has 3 heteroatoms. The number of benzene rings is 1. The average Bonchev–Trinajstić information content (AvgIpc) is 2.28. The summed E-state index contributed by atoms with van der Waals surface area (Å²) in [6.07, 6.45) is 1.67. The van der Waals surface area contributed by atoms with Crippen molar-refractivity contribution in [3.8, 4) is 11.5 Å². The van der Waals surface area contributed by atoms with Crippen LogP contribution in [0.25, 0.3) is 0 Å². The van der Waals surface area contributed by atoms with E-state index in [1.807, 2.05) is 6.07 Å². The van der Waals surface area contributed by atoms with E-state index in [2.05, 4.69) is 6.58 Å². The maximum Gasteiger partial charge on any atom is 0.161 e. The number of aliphatic hydroxyl groups excluding tert-OH is 1. The van der Waals surface area contributed by atoms with Crippen molar-refractivity contribution in [2.75, 3.05) is 14.2 Å². The summed E-state index contributed by atoms with van der Waals surface area (Å²) in [5, 5.41) is 9.74. The maximum absolute atomic E-state index is 9.74. The molecule has 0 bridgehead atoms. The molecule has 0 heterocycles. The number of hydrogen-bond acceptors (Lipinski definition) is 3. The largest absolute Gasteiger partial charge is 0.493 e. The fraction of sp³-hybridized carbons (Fsp3) is 0.333. The van der Waals surface area contributed by atoms with Gasteiger partial charge in [-0.2, -0.15) is 0 Å². The standard InChI is InChI=1S/C12H16O3/c1-4-5-10(13)9-6-7-11(14-2)12(8-9)15-3/h4,6-8,10,13H,1,5H2,2-3H3/t10-/m1/s1. The zero-order valence-corrected chi connectivity index (χ0v) is 9.06. The molecule has 1 aromatic rings. The van der Waals surface area contributed by atoms with Crippen molar-refractivity contribution in [1.82, 2.24) is 0 Å². The normalized spacial score (nSPS) is 11.9. The van der Waals surface area contributed by atoms with Crippen LogP contribution in [-0.4, -0.2) is 19.3 Å². The Kier molecular flexibility index (Phi) is 4.18. The monoisotopic (exact) mass is 208 g/mol. The first kappa shape index (κ1) is 11.6. The Bertz CT molecular complexity index is 334. The third-order valence-corrected chi connectivity index (χ3v) is 2.18. The molecular formula is C12H16O3. The fourth-order valence-corrected chi connectivity index (χ4v) is 1.35. The van der Waals surface area contributed by atoms with Crippen LogP contribution in [0.3, 0.4) is 0 Å². The minimum Gasteiger partial charge on any atom is -0.493 e. The molecule has 0 saturated heterocycles. The zero-order valence-electron chi connectivity index (χ0n) is 9.06. The van der Waals surface area contributed by atoms with Crippen LogP contribution in [0.5, 0.6) is 11.5 Å². The molecule has 0 saturated carbocycles. The topological polar surface area (TPSA) is 38.7 Å². The summed E-state index contributed by atoms with van der Waals surface area (Å²) in [5.41, 5.74) is 0.799. The fourth-order valence-electron chi connectivity index (χ4n) is 1.35. The molecule has 0 aliphatic rings. The predicted octanol–water partition coefficient (Wildman–Crippen LogP) is 2.31. The van der Waals surface area contributed by atoms with E-state index >= 15 is 0 Å². The van der Waals surface area contributed by atoms with E-state index in [4.69, 9.17) is 9.47 Å². The van der Waals surface area contributed by atoms with Crippen LogP contribution < -0.4 is 9.47 Å². The number of hydrogen-bond donors (Lipinski definition) is 1. The maximum atomic E-state index is 9.74. The van der Waals surface area contributed by atoms with Crippen molar-refractivity contribution >= 4 is 0 Å². The molecule has 1 rings (SSSR count). The van der Waals surface area contributed by atoms with E-state index in [0.717, 1.165) is 5.56 Å². The lowest BCUT2D eigenvalue weighted by Crippen LogP contribution is -1.98. The summed E-state index contributed by atoms with van der Waals surface area (Å²) in [7, 11) is 3.15. The van der Waals surface area contributed by atoms with Gasteiger partial charge in [-0.25, -0.2) is 0 Å². The Hall–Kier alpha value is -1.48. The van der Waals surface area contributed by atoms with Gasteiger partial charge in [-0.15, -0.1) is 6.58 Å². The average molecular weight is 208 g/mol. The summed E-state index contributed by atoms with van der Waals surface area (Å²) in [6, 6.07) is 5.36. The molecule has 1 N–H and O–H groups in total. The summed E-state index contributed by atoms with van der Waals surface area (Å²) >= 11 is 0. The van der Waals surface area contributed by atoms with Crippen molar-refractivity contribution in [2.45, 2.75) is 12.5 Å². The Labute approximate surface area is 90.0 Å². The quantitative estimate of drug-likeness (QED) is 0.755. The number of methoxy groups -OCH3 is 2. The van der Waals surface area contributed by atoms with Gasteiger partial charge < -0.3 is 14.6 Å². The first-order valence-electron chi connectivity index (χ1n) is 4.73. The van der Waals surface area contributed by atoms with E-state index in [1.165, 1.54) is 0 Å². The first-order chi connectivity index (χ1) is 7.22. The van der Waals surface area contributed by atoms with Crippen molar-refractivity contribution in [2.24, 2.45) is 0 Å². The molecule has 0 aromatic heterocycles. The van der Waals surface area contributed by atoms with Gasteiger partial charge in [-0.1, -0.05) is 12.1 Å². The summed E-state index contributed by atoms with van der Waals surface area (Å²) in [6.45, 7) is 3.59. The van der Waals surface area contributed by atoms with E-state index in [1.54, 1.807) is 32.4 Å². The van der Waals surface area contributed by atoms with Crippen molar-refractivity contribution in [1.29, 1.82) is 0 Å². The van der Waals surface area contributed by atoms with Gasteiger partial charge in [0.15, 0.2) is 11.5 Å². The molecule has 3 nitrogen and oxygen atoms in total. The lowest BCUT2D eigenvalue weighted by Gasteiger charge is -2.12. The van der Waals surface area contributed by atoms with Gasteiger partial charge in [0.2, 0.25) is 0 Å². The zero-order chi connectivity index (χ0) is 11.3. The van der Waals surface area contributed by atoms with E-state index < -0.39 is 6.10 Å². The molecule has 0 aliphatic carbocycles. The summed E-state index contributed by atoms with van der Waals surface area (Å²) in [4.78, 5) is 0. The Morgan fingerprint density at radius 3 is 2.53 bits per heavy atom. The molecule has 1 aromatic carbocycles. The van der Waals surface area contributed by atoms with E-state index in [9.17, 15) is 5.11 Å². The number of aliphatic hydroxyl groups is 1. The van der Waals surface area contributed by atoms with Gasteiger partial charge in [-0.3, -0.25) is 0 Å². The second-order valence-corrected chi connectivity index (χ2v) is 3.15. The Balaban J connectivity index is 2.96. The van der Waals surface area contributed by atoms with Crippen LogP contribution in [-0.2, 0) is 0 Å². The molecule has 0 amide bonds. The van der Waals surface area contributed by atoms with Crippen LogP contribution >= 0.6 is 0 Å². The predicted molar refractivity (Wildman–Crippen MR) is 59.3 cm³/mol. The van der Waals surface area contributed by atoms with Crippen LogP contribution in [0.2, 0.25) is 0 Å².